The first-order valence-electron chi connectivity index (χ1n) is 9.69. The van der Waals surface area contributed by atoms with Gasteiger partial charge in [-0.05, 0) is 54.2 Å². The number of nitrogens with zero attached hydrogens (tertiary/aromatic N) is 5. The molecule has 0 saturated heterocycles. The van der Waals surface area contributed by atoms with Crippen molar-refractivity contribution in [2.45, 2.75) is 51.0 Å². The highest BCUT2D eigenvalue weighted by Gasteiger charge is 2.28. The van der Waals surface area contributed by atoms with Crippen LogP contribution in [0.5, 0.6) is 0 Å². The van der Waals surface area contributed by atoms with Gasteiger partial charge in [-0.15, -0.1) is 5.10 Å². The summed E-state index contributed by atoms with van der Waals surface area (Å²) < 4.78 is 1.78. The van der Waals surface area contributed by atoms with E-state index in [4.69, 9.17) is 0 Å². The maximum atomic E-state index is 12.6. The number of fused-ring (bicyclic) bond motifs is 2. The van der Waals surface area contributed by atoms with Gasteiger partial charge in [-0.3, -0.25) is 4.79 Å². The van der Waals surface area contributed by atoms with Gasteiger partial charge in [0.25, 0.3) is 0 Å². The molecule has 1 N–H and O–H groups in total. The number of carbonyl (C=O) groups is 1. The first-order chi connectivity index (χ1) is 12.8. The van der Waals surface area contributed by atoms with Crippen LogP contribution in [0.15, 0.2) is 24.3 Å². The Morgan fingerprint density at radius 3 is 3.08 bits per heavy atom. The third-order valence-electron chi connectivity index (χ3n) is 5.41. The number of hydrogen-bond acceptors (Lipinski definition) is 5. The van der Waals surface area contributed by atoms with Crippen LogP contribution in [0.4, 0.5) is 5.69 Å². The fraction of sp³-hybridized carbons (Fsp3) is 0.579. The van der Waals surface area contributed by atoms with Gasteiger partial charge in [0.1, 0.15) is 0 Å². The fourth-order valence-corrected chi connectivity index (χ4v) is 4.06. The van der Waals surface area contributed by atoms with Gasteiger partial charge in [-0.2, -0.15) is 0 Å². The maximum absolute atomic E-state index is 12.6. The number of hydrogen-bond donors (Lipinski definition) is 1. The van der Waals surface area contributed by atoms with Crippen molar-refractivity contribution in [3.63, 3.8) is 0 Å². The summed E-state index contributed by atoms with van der Waals surface area (Å²) in [6.45, 7) is 3.57. The van der Waals surface area contributed by atoms with Crippen molar-refractivity contribution >= 4 is 11.6 Å². The van der Waals surface area contributed by atoms with Crippen LogP contribution >= 0.6 is 0 Å². The van der Waals surface area contributed by atoms with E-state index in [1.807, 2.05) is 0 Å². The van der Waals surface area contributed by atoms with Crippen LogP contribution in [0.2, 0.25) is 0 Å². The highest BCUT2D eigenvalue weighted by atomic mass is 16.1. The zero-order valence-corrected chi connectivity index (χ0v) is 15.1. The number of aryl methyl sites for hydroxylation is 2. The molecule has 2 aliphatic rings. The van der Waals surface area contributed by atoms with Gasteiger partial charge in [-0.1, -0.05) is 24.6 Å². The average molecular weight is 354 g/mol. The largest absolute Gasteiger partial charge is 0.371 e. The third-order valence-corrected chi connectivity index (χ3v) is 5.41. The minimum absolute atomic E-state index is 0.0574. The van der Waals surface area contributed by atoms with E-state index < -0.39 is 0 Å². The summed E-state index contributed by atoms with van der Waals surface area (Å²) in [5, 5.41) is 14.9. The van der Waals surface area contributed by atoms with E-state index >= 15 is 0 Å². The Labute approximate surface area is 153 Å². The molecule has 1 aromatic heterocycles. The molecule has 1 aromatic carbocycles. The second-order valence-electron chi connectivity index (χ2n) is 7.17. The van der Waals surface area contributed by atoms with E-state index in [0.29, 0.717) is 12.4 Å². The molecule has 7 nitrogen and oxygen atoms in total. The van der Waals surface area contributed by atoms with Gasteiger partial charge in [0, 0.05) is 31.9 Å². The molecular formula is C19H26N6O. The lowest BCUT2D eigenvalue weighted by molar-refractivity contribution is -0.122. The van der Waals surface area contributed by atoms with Crippen LogP contribution < -0.4 is 10.2 Å². The Bertz CT molecular complexity index is 758. The van der Waals surface area contributed by atoms with E-state index in [1.165, 1.54) is 24.1 Å². The number of tetrazole rings is 1. The summed E-state index contributed by atoms with van der Waals surface area (Å²) >= 11 is 0. The lowest BCUT2D eigenvalue weighted by atomic mass is 10.0. The molecule has 2 aromatic rings. The number of nitrogens with one attached hydrogen (secondary N) is 1. The predicted molar refractivity (Wildman–Crippen MR) is 99.0 cm³/mol. The van der Waals surface area contributed by atoms with Crippen molar-refractivity contribution in [3.8, 4) is 0 Å². The first kappa shape index (κ1) is 17.0. The van der Waals surface area contributed by atoms with Gasteiger partial charge >= 0.3 is 0 Å². The second-order valence-corrected chi connectivity index (χ2v) is 7.17. The summed E-state index contributed by atoms with van der Waals surface area (Å²) in [5.74, 6) is 0.551. The molecule has 0 spiro atoms. The zero-order valence-electron chi connectivity index (χ0n) is 15.1. The molecule has 0 bridgehead atoms. The Balaban J connectivity index is 1.29. The molecule has 0 unspecified atom stereocenters. The van der Waals surface area contributed by atoms with Crippen LogP contribution in [0.1, 0.15) is 49.4 Å². The average Bonchev–Trinajstić information content (AvgIpc) is 3.04. The number of amides is 1. The van der Waals surface area contributed by atoms with Crippen molar-refractivity contribution in [1.29, 1.82) is 0 Å². The van der Waals surface area contributed by atoms with Crippen molar-refractivity contribution in [2.24, 2.45) is 0 Å². The van der Waals surface area contributed by atoms with Crippen LogP contribution in [-0.2, 0) is 17.8 Å². The molecule has 2 aliphatic heterocycles. The molecule has 0 saturated carbocycles. The summed E-state index contributed by atoms with van der Waals surface area (Å²) in [7, 11) is 0. The molecule has 7 heteroatoms. The van der Waals surface area contributed by atoms with Crippen molar-refractivity contribution < 1.29 is 4.79 Å². The number of carbonyl (C=O) groups excluding carboxylic acids is 1. The predicted octanol–water partition coefficient (Wildman–Crippen LogP) is 1.90. The van der Waals surface area contributed by atoms with E-state index in [0.717, 1.165) is 45.3 Å². The quantitative estimate of drug-likeness (QED) is 0.830. The molecule has 0 radical (unpaired) electrons. The van der Waals surface area contributed by atoms with Gasteiger partial charge in [0.2, 0.25) is 5.91 Å². The van der Waals surface area contributed by atoms with Crippen LogP contribution in [0.25, 0.3) is 0 Å². The Hall–Kier alpha value is -2.44. The smallest absolute Gasteiger partial charge is 0.230 e. The van der Waals surface area contributed by atoms with E-state index in [1.54, 1.807) is 4.68 Å². The Morgan fingerprint density at radius 1 is 1.19 bits per heavy atom. The Morgan fingerprint density at radius 2 is 2.12 bits per heavy atom. The molecular weight excluding hydrogens is 328 g/mol. The summed E-state index contributed by atoms with van der Waals surface area (Å²) in [6.07, 6.45) is 6.18. The zero-order chi connectivity index (χ0) is 17.8. The number of aromatic nitrogens is 4. The summed E-state index contributed by atoms with van der Waals surface area (Å²) in [4.78, 5) is 15.1. The highest BCUT2D eigenvalue weighted by Crippen LogP contribution is 2.27. The molecule has 0 fully saturated rings. The number of para-hydroxylation sites is 1. The lowest BCUT2D eigenvalue weighted by Gasteiger charge is -2.31. The summed E-state index contributed by atoms with van der Waals surface area (Å²) in [5.41, 5.74) is 2.79. The monoisotopic (exact) mass is 354 g/mol. The number of benzene rings is 1. The van der Waals surface area contributed by atoms with Crippen LogP contribution in [0.3, 0.4) is 0 Å². The lowest BCUT2D eigenvalue weighted by Crippen LogP contribution is -2.35. The molecule has 4 rings (SSSR count). The fourth-order valence-electron chi connectivity index (χ4n) is 4.06. The molecule has 26 heavy (non-hydrogen) atoms. The van der Waals surface area contributed by atoms with E-state index in [9.17, 15) is 4.79 Å². The second kappa shape index (κ2) is 7.85. The minimum Gasteiger partial charge on any atom is -0.371 e. The van der Waals surface area contributed by atoms with E-state index in [-0.39, 0.29) is 11.8 Å². The molecule has 1 atom stereocenters. The molecule has 138 valence electrons. The highest BCUT2D eigenvalue weighted by molar-refractivity contribution is 5.82. The summed E-state index contributed by atoms with van der Waals surface area (Å²) in [6, 6.07) is 8.65. The van der Waals surface area contributed by atoms with E-state index in [2.05, 4.69) is 50.0 Å². The standard InChI is InChI=1S/C19H26N6O/c26-19(16-9-3-4-14-25-18(16)21-22-23-25)20-11-6-13-24-12-5-8-15-7-1-2-10-17(15)24/h1-2,7,10,16H,3-6,8-9,11-14H2,(H,20,26)/t16-/m1/s1. The van der Waals surface area contributed by atoms with Crippen LogP contribution in [0, 0.1) is 0 Å². The number of anilines is 1. The molecule has 1 amide bonds. The molecule has 0 aliphatic carbocycles. The van der Waals surface area contributed by atoms with Gasteiger partial charge < -0.3 is 10.2 Å². The maximum Gasteiger partial charge on any atom is 0.230 e. The van der Waals surface area contributed by atoms with Crippen LogP contribution in [-0.4, -0.2) is 45.7 Å². The minimum atomic E-state index is -0.219. The van der Waals surface area contributed by atoms with Crippen molar-refractivity contribution in [1.82, 2.24) is 25.5 Å². The topological polar surface area (TPSA) is 75.9 Å². The number of rotatable bonds is 5. The molecule has 3 heterocycles. The van der Waals surface area contributed by atoms with Crippen molar-refractivity contribution in [3.05, 3.63) is 35.7 Å². The van der Waals surface area contributed by atoms with Gasteiger partial charge in [0.05, 0.1) is 5.92 Å². The van der Waals surface area contributed by atoms with Gasteiger partial charge in [0.15, 0.2) is 5.82 Å². The SMILES string of the molecule is O=C(NCCCN1CCCc2ccccc21)[C@@H]1CCCCn2nnnc21. The normalized spacial score (nSPS) is 19.4. The first-order valence-corrected chi connectivity index (χ1v) is 9.69. The van der Waals surface area contributed by atoms with Gasteiger partial charge in [-0.25, -0.2) is 4.68 Å². The Kier molecular flexibility index (Phi) is 5.13. The third kappa shape index (κ3) is 3.57. The van der Waals surface area contributed by atoms with Crippen molar-refractivity contribution in [2.75, 3.05) is 24.5 Å².